The van der Waals surface area contributed by atoms with Crippen LogP contribution in [0.4, 0.5) is 0 Å². The molecule has 2 aromatic carbocycles. The van der Waals surface area contributed by atoms with Crippen LogP contribution in [0.2, 0.25) is 5.02 Å². The Bertz CT molecular complexity index is 1120. The van der Waals surface area contributed by atoms with Gasteiger partial charge in [-0.25, -0.2) is 4.79 Å². The van der Waals surface area contributed by atoms with E-state index in [-0.39, 0.29) is 30.8 Å². The van der Waals surface area contributed by atoms with Gasteiger partial charge >= 0.3 is 17.8 Å². The highest BCUT2D eigenvalue weighted by Crippen LogP contribution is 2.30. The van der Waals surface area contributed by atoms with E-state index in [1.165, 1.54) is 7.11 Å². The third kappa shape index (κ3) is 4.77. The van der Waals surface area contributed by atoms with Crippen LogP contribution in [-0.2, 0) is 11.2 Å². The lowest BCUT2D eigenvalue weighted by atomic mass is 10.1. The lowest BCUT2D eigenvalue weighted by molar-refractivity contribution is 0.0600. The summed E-state index contributed by atoms with van der Waals surface area (Å²) in [6.07, 6.45) is -0.169. The summed E-state index contributed by atoms with van der Waals surface area (Å²) in [4.78, 5) is 28.2. The zero-order valence-electron chi connectivity index (χ0n) is 16.5. The van der Waals surface area contributed by atoms with Crippen molar-refractivity contribution in [3.05, 3.63) is 70.3 Å². The number of hydrogen-bond donors (Lipinski definition) is 1. The minimum atomic E-state index is -0.532. The fraction of sp³-hybridized carbons (Fsp3) is 0.238. The lowest BCUT2D eigenvalue weighted by Crippen LogP contribution is -2.40. The molecular formula is C21H18ClN3O6. The number of fused-ring (bicyclic) bond motifs is 1. The number of amides is 1. The Labute approximate surface area is 182 Å². The number of rotatable bonds is 6. The van der Waals surface area contributed by atoms with Crippen LogP contribution >= 0.6 is 11.6 Å². The van der Waals surface area contributed by atoms with Crippen molar-refractivity contribution < 1.29 is 28.3 Å². The summed E-state index contributed by atoms with van der Waals surface area (Å²) in [5.74, 6) is 0.339. The van der Waals surface area contributed by atoms with Crippen LogP contribution in [-0.4, -0.2) is 48.4 Å². The van der Waals surface area contributed by atoms with Gasteiger partial charge in [0.15, 0.2) is 17.3 Å². The number of carbonyl (C=O) groups excluding carboxylic acids is 2. The van der Waals surface area contributed by atoms with Gasteiger partial charge in [0.1, 0.15) is 12.7 Å². The molecule has 10 heteroatoms. The molecule has 1 aliphatic heterocycles. The Hall–Kier alpha value is -3.59. The molecule has 160 valence electrons. The van der Waals surface area contributed by atoms with Crippen LogP contribution in [0.5, 0.6) is 11.5 Å². The molecule has 1 aliphatic rings. The first-order valence-electron chi connectivity index (χ1n) is 9.39. The van der Waals surface area contributed by atoms with Crippen LogP contribution in [0.15, 0.2) is 47.0 Å². The smallest absolute Gasteiger partial charge is 0.337 e. The molecule has 0 spiro atoms. The number of para-hydroxylation sites is 2. The molecule has 0 fully saturated rings. The summed E-state index contributed by atoms with van der Waals surface area (Å²) in [5, 5.41) is 6.94. The molecule has 9 nitrogen and oxygen atoms in total. The van der Waals surface area contributed by atoms with Crippen LogP contribution < -0.4 is 14.8 Å². The Kier molecular flexibility index (Phi) is 6.03. The number of esters is 1. The number of ether oxygens (including phenoxy) is 3. The van der Waals surface area contributed by atoms with Gasteiger partial charge in [0.05, 0.1) is 19.2 Å². The predicted octanol–water partition coefficient (Wildman–Crippen LogP) is 2.67. The molecule has 0 bridgehead atoms. The predicted molar refractivity (Wildman–Crippen MR) is 109 cm³/mol. The quantitative estimate of drug-likeness (QED) is 0.578. The van der Waals surface area contributed by atoms with Crippen LogP contribution in [0.3, 0.4) is 0 Å². The van der Waals surface area contributed by atoms with E-state index in [0.717, 1.165) is 0 Å². The largest absolute Gasteiger partial charge is 0.486 e. The minimum absolute atomic E-state index is 0.177. The second-order valence-corrected chi connectivity index (χ2v) is 7.11. The summed E-state index contributed by atoms with van der Waals surface area (Å²) in [5.41, 5.74) is 0.948. The molecule has 0 aliphatic carbocycles. The van der Waals surface area contributed by atoms with Gasteiger partial charge in [-0.1, -0.05) is 28.9 Å². The van der Waals surface area contributed by atoms with Crippen molar-refractivity contribution in [2.24, 2.45) is 0 Å². The number of methoxy groups -OCH3 is 1. The molecule has 1 amide bonds. The minimum Gasteiger partial charge on any atom is -0.486 e. The van der Waals surface area contributed by atoms with Gasteiger partial charge in [0, 0.05) is 11.4 Å². The molecule has 1 N–H and O–H groups in total. The normalized spacial score (nSPS) is 14.7. The molecule has 2 heterocycles. The highest BCUT2D eigenvalue weighted by Gasteiger charge is 2.23. The zero-order chi connectivity index (χ0) is 21.8. The summed E-state index contributed by atoms with van der Waals surface area (Å²) < 4.78 is 21.2. The molecule has 1 aromatic heterocycles. The fourth-order valence-corrected chi connectivity index (χ4v) is 3.17. The summed E-state index contributed by atoms with van der Waals surface area (Å²) in [6, 6.07) is 12.0. The van der Waals surface area contributed by atoms with E-state index in [9.17, 15) is 9.59 Å². The zero-order valence-corrected chi connectivity index (χ0v) is 17.2. The molecule has 0 radical (unpaired) electrons. The fourth-order valence-electron chi connectivity index (χ4n) is 2.99. The molecule has 0 saturated carbocycles. The first kappa shape index (κ1) is 20.7. The molecule has 0 unspecified atom stereocenters. The average molecular weight is 444 g/mol. The SMILES string of the molecule is COC(=O)c1ccc(Cl)c(Cc2noc(C(=O)NC[C@@H]3COc4ccccc4O3)n2)c1. The van der Waals surface area contributed by atoms with Gasteiger partial charge < -0.3 is 24.1 Å². The Balaban J connectivity index is 1.36. The maximum Gasteiger partial charge on any atom is 0.337 e. The molecule has 3 aromatic rings. The third-order valence-corrected chi connectivity index (χ3v) is 4.90. The van der Waals surface area contributed by atoms with E-state index in [0.29, 0.717) is 34.3 Å². The van der Waals surface area contributed by atoms with Crippen molar-refractivity contribution in [2.45, 2.75) is 12.5 Å². The van der Waals surface area contributed by atoms with Crippen LogP contribution in [0, 0.1) is 0 Å². The van der Waals surface area contributed by atoms with Gasteiger partial charge in [-0.2, -0.15) is 4.98 Å². The van der Waals surface area contributed by atoms with E-state index in [1.807, 2.05) is 18.2 Å². The first-order chi connectivity index (χ1) is 15.0. The first-order valence-corrected chi connectivity index (χ1v) is 9.77. The highest BCUT2D eigenvalue weighted by molar-refractivity contribution is 6.31. The highest BCUT2D eigenvalue weighted by atomic mass is 35.5. The van der Waals surface area contributed by atoms with Gasteiger partial charge in [0.25, 0.3) is 0 Å². The average Bonchev–Trinajstić information content (AvgIpc) is 3.27. The maximum atomic E-state index is 12.4. The second-order valence-electron chi connectivity index (χ2n) is 6.70. The number of carbonyl (C=O) groups is 2. The lowest BCUT2D eigenvalue weighted by Gasteiger charge is -2.26. The number of aromatic nitrogens is 2. The van der Waals surface area contributed by atoms with Crippen molar-refractivity contribution >= 4 is 23.5 Å². The summed E-state index contributed by atoms with van der Waals surface area (Å²) in [6.45, 7) is 0.513. The van der Waals surface area contributed by atoms with Crippen molar-refractivity contribution in [1.29, 1.82) is 0 Å². The Morgan fingerprint density at radius 3 is 2.84 bits per heavy atom. The van der Waals surface area contributed by atoms with E-state index in [1.54, 1.807) is 24.3 Å². The van der Waals surface area contributed by atoms with Gasteiger partial charge in [-0.15, -0.1) is 0 Å². The van der Waals surface area contributed by atoms with E-state index >= 15 is 0 Å². The van der Waals surface area contributed by atoms with E-state index in [2.05, 4.69) is 15.5 Å². The van der Waals surface area contributed by atoms with Gasteiger partial charge in [-0.3, -0.25) is 4.79 Å². The molecule has 31 heavy (non-hydrogen) atoms. The molecule has 0 saturated heterocycles. The number of halogens is 1. The Morgan fingerprint density at radius 1 is 1.23 bits per heavy atom. The third-order valence-electron chi connectivity index (χ3n) is 4.54. The van der Waals surface area contributed by atoms with Crippen LogP contribution in [0.1, 0.15) is 32.4 Å². The second kappa shape index (κ2) is 9.05. The van der Waals surface area contributed by atoms with Gasteiger partial charge in [0.2, 0.25) is 0 Å². The molecule has 1 atom stereocenters. The van der Waals surface area contributed by atoms with Gasteiger partial charge in [-0.05, 0) is 35.9 Å². The summed E-state index contributed by atoms with van der Waals surface area (Å²) in [7, 11) is 1.30. The van der Waals surface area contributed by atoms with Crippen molar-refractivity contribution in [1.82, 2.24) is 15.5 Å². The summed E-state index contributed by atoms with van der Waals surface area (Å²) >= 11 is 6.19. The van der Waals surface area contributed by atoms with Crippen molar-refractivity contribution in [2.75, 3.05) is 20.3 Å². The standard InChI is InChI=1S/C21H18ClN3O6/c1-28-21(27)12-6-7-15(22)13(8-12)9-18-24-20(31-25-18)19(26)23-10-14-11-29-16-4-2-3-5-17(16)30-14/h2-8,14H,9-11H2,1H3,(H,23,26)/t14-/m1/s1. The molecule has 4 rings (SSSR count). The topological polar surface area (TPSA) is 113 Å². The molecular weight excluding hydrogens is 426 g/mol. The van der Waals surface area contributed by atoms with Crippen molar-refractivity contribution in [3.63, 3.8) is 0 Å². The Morgan fingerprint density at radius 2 is 2.03 bits per heavy atom. The monoisotopic (exact) mass is 443 g/mol. The maximum absolute atomic E-state index is 12.4. The van der Waals surface area contributed by atoms with E-state index < -0.39 is 11.9 Å². The number of nitrogens with zero attached hydrogens (tertiary/aromatic N) is 2. The number of nitrogens with one attached hydrogen (secondary N) is 1. The van der Waals surface area contributed by atoms with Crippen molar-refractivity contribution in [3.8, 4) is 11.5 Å². The van der Waals surface area contributed by atoms with Crippen LogP contribution in [0.25, 0.3) is 0 Å². The number of benzene rings is 2. The van der Waals surface area contributed by atoms with E-state index in [4.69, 9.17) is 30.3 Å². The number of hydrogen-bond acceptors (Lipinski definition) is 8.